The van der Waals surface area contributed by atoms with Crippen molar-refractivity contribution in [1.82, 2.24) is 9.62 Å². The Kier molecular flexibility index (Phi) is 11.0. The number of alkyl halides is 7. The van der Waals surface area contributed by atoms with Crippen molar-refractivity contribution in [3.05, 3.63) is 63.4 Å². The SMILES string of the molecule is CS(=O)(=O)NC(=O)c1cc(C2CC2)c(OCC2(F)CCN(Cc3cc(Cl)ccc3C(F)(F)F)CC2)cc1F.O=C(O)C(F)(F)F. The van der Waals surface area contributed by atoms with Crippen LogP contribution in [0.1, 0.15) is 58.6 Å². The van der Waals surface area contributed by atoms with E-state index >= 15 is 4.39 Å². The van der Waals surface area contributed by atoms with Crippen LogP contribution in [0.4, 0.5) is 35.1 Å². The lowest BCUT2D eigenvalue weighted by molar-refractivity contribution is -0.192. The van der Waals surface area contributed by atoms with Gasteiger partial charge in [-0.15, -0.1) is 0 Å². The maximum atomic E-state index is 15.6. The lowest BCUT2D eigenvalue weighted by Gasteiger charge is -2.36. The summed E-state index contributed by atoms with van der Waals surface area (Å²) in [7, 11) is -3.90. The van der Waals surface area contributed by atoms with E-state index in [-0.39, 0.29) is 54.7 Å². The number of aliphatic carboxylic acids is 1. The van der Waals surface area contributed by atoms with Gasteiger partial charge >= 0.3 is 18.3 Å². The number of carbonyl (C=O) groups excluding carboxylic acids is 1. The Balaban J connectivity index is 0.000000707. The minimum atomic E-state index is -5.08. The van der Waals surface area contributed by atoms with Crippen molar-refractivity contribution >= 4 is 33.5 Å². The van der Waals surface area contributed by atoms with Crippen LogP contribution >= 0.6 is 11.6 Å². The molecule has 1 amide bonds. The molecule has 250 valence electrons. The van der Waals surface area contributed by atoms with Crippen LogP contribution in [0.25, 0.3) is 0 Å². The number of nitrogens with one attached hydrogen (secondary N) is 1. The summed E-state index contributed by atoms with van der Waals surface area (Å²) >= 11 is 5.90. The van der Waals surface area contributed by atoms with E-state index < -0.39 is 63.5 Å². The molecule has 1 aliphatic carbocycles. The maximum absolute atomic E-state index is 15.6. The number of sulfonamides is 1. The summed E-state index contributed by atoms with van der Waals surface area (Å²) in [5.74, 6) is -4.81. The maximum Gasteiger partial charge on any atom is 0.490 e. The highest BCUT2D eigenvalue weighted by Gasteiger charge is 2.39. The van der Waals surface area contributed by atoms with Crippen LogP contribution in [0.3, 0.4) is 0 Å². The average molecular weight is 695 g/mol. The van der Waals surface area contributed by atoms with Gasteiger partial charge in [0.1, 0.15) is 23.8 Å². The molecule has 0 aromatic heterocycles. The zero-order valence-electron chi connectivity index (χ0n) is 23.4. The van der Waals surface area contributed by atoms with Crippen molar-refractivity contribution in [3.8, 4) is 5.75 Å². The molecule has 8 nitrogen and oxygen atoms in total. The fourth-order valence-electron chi connectivity index (χ4n) is 4.48. The van der Waals surface area contributed by atoms with Crippen molar-refractivity contribution in [2.45, 2.75) is 56.2 Å². The summed E-state index contributed by atoms with van der Waals surface area (Å²) in [5, 5.41) is 7.30. The molecule has 2 aromatic carbocycles. The molecule has 0 spiro atoms. The van der Waals surface area contributed by atoms with E-state index in [1.807, 2.05) is 0 Å². The van der Waals surface area contributed by atoms with Crippen LogP contribution in [0.15, 0.2) is 30.3 Å². The Morgan fingerprint density at radius 3 is 2.16 bits per heavy atom. The van der Waals surface area contributed by atoms with Crippen molar-refractivity contribution in [3.63, 3.8) is 0 Å². The molecule has 2 fully saturated rings. The van der Waals surface area contributed by atoms with Gasteiger partial charge < -0.3 is 9.84 Å². The molecule has 0 unspecified atom stereocenters. The van der Waals surface area contributed by atoms with Gasteiger partial charge in [-0.2, -0.15) is 26.3 Å². The molecule has 1 heterocycles. The number of hydrogen-bond acceptors (Lipinski definition) is 6. The molecule has 1 aliphatic heterocycles. The predicted molar refractivity (Wildman–Crippen MR) is 145 cm³/mol. The number of piperidine rings is 1. The molecule has 2 N–H and O–H groups in total. The lowest BCUT2D eigenvalue weighted by atomic mass is 9.93. The second-order valence-corrected chi connectivity index (χ2v) is 12.9. The van der Waals surface area contributed by atoms with Crippen molar-refractivity contribution in [2.75, 3.05) is 26.0 Å². The quantitative estimate of drug-likeness (QED) is 0.322. The number of likely N-dealkylation sites (tertiary alicyclic amines) is 1. The van der Waals surface area contributed by atoms with Gasteiger partial charge in [-0.1, -0.05) is 11.6 Å². The van der Waals surface area contributed by atoms with Gasteiger partial charge in [-0.05, 0) is 67.0 Å². The molecule has 18 heteroatoms. The zero-order valence-corrected chi connectivity index (χ0v) is 24.9. The highest BCUT2D eigenvalue weighted by atomic mass is 35.5. The number of carboxylic acids is 1. The second kappa shape index (κ2) is 13.7. The van der Waals surface area contributed by atoms with Crippen LogP contribution in [-0.4, -0.2) is 68.1 Å². The molecule has 1 saturated heterocycles. The van der Waals surface area contributed by atoms with Crippen molar-refractivity contribution < 1.29 is 63.0 Å². The van der Waals surface area contributed by atoms with Gasteiger partial charge in [0.05, 0.1) is 17.4 Å². The third-order valence-corrected chi connectivity index (χ3v) is 7.68. The molecule has 0 atom stereocenters. The molecule has 2 aliphatic rings. The van der Waals surface area contributed by atoms with Gasteiger partial charge in [-0.3, -0.25) is 9.69 Å². The standard InChI is InChI=1S/C25H26ClF5N2O4S.C2HF3O2/c1-38(35,36)32-23(34)19-11-18(15-2-3-15)22(12-21(19)27)37-14-24(28)6-8-33(9-7-24)13-16-10-17(26)4-5-20(16)25(29,30)31;3-2(4,5)1(6)7/h4-5,10-12,15H,2-3,6-9,13-14H2,1H3,(H,32,34);(H,6,7). The van der Waals surface area contributed by atoms with E-state index in [2.05, 4.69) is 0 Å². The van der Waals surface area contributed by atoms with Gasteiger partial charge in [0.2, 0.25) is 10.0 Å². The normalized spacial score (nSPS) is 17.2. The van der Waals surface area contributed by atoms with E-state index in [9.17, 15) is 43.9 Å². The van der Waals surface area contributed by atoms with Crippen LogP contribution < -0.4 is 9.46 Å². The molecule has 0 radical (unpaired) electrons. The molecular weight excluding hydrogens is 668 g/mol. The molecule has 2 aromatic rings. The lowest BCUT2D eigenvalue weighted by Crippen LogP contribution is -2.44. The van der Waals surface area contributed by atoms with Crippen molar-refractivity contribution in [2.24, 2.45) is 0 Å². The van der Waals surface area contributed by atoms with E-state index in [1.165, 1.54) is 18.2 Å². The predicted octanol–water partition coefficient (Wildman–Crippen LogP) is 6.08. The molecule has 1 saturated carbocycles. The van der Waals surface area contributed by atoms with E-state index in [1.54, 1.807) is 9.62 Å². The molecule has 0 bridgehead atoms. The average Bonchev–Trinajstić information content (AvgIpc) is 3.73. The Bertz CT molecular complexity index is 1520. The van der Waals surface area contributed by atoms with Crippen LogP contribution in [0, 0.1) is 5.82 Å². The highest BCUT2D eigenvalue weighted by molar-refractivity contribution is 7.89. The number of benzene rings is 2. The first-order valence-corrected chi connectivity index (χ1v) is 15.4. The number of rotatable bonds is 8. The first-order valence-electron chi connectivity index (χ1n) is 13.1. The number of carboxylic acid groups (broad SMARTS) is 1. The summed E-state index contributed by atoms with van der Waals surface area (Å²) in [4.78, 5) is 22.8. The van der Waals surface area contributed by atoms with Gasteiger partial charge in [0.25, 0.3) is 5.91 Å². The monoisotopic (exact) mass is 694 g/mol. The van der Waals surface area contributed by atoms with Crippen molar-refractivity contribution in [1.29, 1.82) is 0 Å². The summed E-state index contributed by atoms with van der Waals surface area (Å²) in [5.41, 5.74) is -2.52. The highest BCUT2D eigenvalue weighted by Crippen LogP contribution is 2.45. The summed E-state index contributed by atoms with van der Waals surface area (Å²) in [6.07, 6.45) is -7.35. The van der Waals surface area contributed by atoms with Crippen LogP contribution in [0.5, 0.6) is 5.75 Å². The largest absolute Gasteiger partial charge is 0.490 e. The van der Waals surface area contributed by atoms with Gasteiger partial charge in [0, 0.05) is 30.7 Å². The Hall–Kier alpha value is -3.18. The zero-order chi connectivity index (χ0) is 34.0. The molecule has 45 heavy (non-hydrogen) atoms. The minimum Gasteiger partial charge on any atom is -0.490 e. The fourth-order valence-corrected chi connectivity index (χ4v) is 5.12. The molecular formula is C27H27ClF8N2O6S. The van der Waals surface area contributed by atoms with E-state index in [0.717, 1.165) is 31.2 Å². The minimum absolute atomic E-state index is 0.00892. The Labute approximate surface area is 257 Å². The summed E-state index contributed by atoms with van der Waals surface area (Å²) in [6.45, 7) is -0.0868. The third-order valence-electron chi connectivity index (χ3n) is 6.89. The summed E-state index contributed by atoms with van der Waals surface area (Å²) < 4.78 is 132. The first kappa shape index (κ1) is 36.3. The first-order chi connectivity index (χ1) is 20.6. The van der Waals surface area contributed by atoms with Crippen LogP contribution in [0.2, 0.25) is 5.02 Å². The smallest absolute Gasteiger partial charge is 0.490 e. The number of nitrogens with zero attached hydrogens (tertiary/aromatic N) is 1. The van der Waals surface area contributed by atoms with Gasteiger partial charge in [-0.25, -0.2) is 26.7 Å². The van der Waals surface area contributed by atoms with E-state index in [0.29, 0.717) is 5.56 Å². The molecule has 4 rings (SSSR count). The second-order valence-electron chi connectivity index (χ2n) is 10.7. The van der Waals surface area contributed by atoms with Gasteiger partial charge in [0.15, 0.2) is 0 Å². The number of halogens is 9. The fraction of sp³-hybridized carbons (Fsp3) is 0.481. The number of carbonyl (C=O) groups is 2. The third kappa shape index (κ3) is 10.7. The Morgan fingerprint density at radius 1 is 1.09 bits per heavy atom. The van der Waals surface area contributed by atoms with E-state index in [4.69, 9.17) is 26.2 Å². The topological polar surface area (TPSA) is 113 Å². The number of hydrogen-bond donors (Lipinski definition) is 2. The van der Waals surface area contributed by atoms with Crippen LogP contribution in [-0.2, 0) is 27.5 Å². The summed E-state index contributed by atoms with van der Waals surface area (Å²) in [6, 6.07) is 5.57. The number of ether oxygens (including phenoxy) is 1. The Morgan fingerprint density at radius 2 is 1.67 bits per heavy atom. The number of amides is 1.